The Kier molecular flexibility index (Phi) is 9.40. The molecule has 0 saturated heterocycles. The molecule has 3 aromatic rings. The minimum absolute atomic E-state index is 0.353. The molecule has 1 atom stereocenters. The second kappa shape index (κ2) is 12.7. The first-order valence-electron chi connectivity index (χ1n) is 11.5. The van der Waals surface area contributed by atoms with E-state index in [2.05, 4.69) is 72.9 Å². The number of hydrogen-bond donors (Lipinski definition) is 1. The SMILES string of the molecule is COc1ccc(C=Cc2ccccc2)c(CC(C)NCCCc2ccc(OC)c(OC)c2)c1. The molecule has 0 amide bonds. The Morgan fingerprint density at radius 2 is 1.61 bits per heavy atom. The van der Waals surface area contributed by atoms with Gasteiger partial charge < -0.3 is 19.5 Å². The van der Waals surface area contributed by atoms with Crippen molar-refractivity contribution in [2.24, 2.45) is 0 Å². The summed E-state index contributed by atoms with van der Waals surface area (Å²) in [5, 5.41) is 3.67. The van der Waals surface area contributed by atoms with Crippen molar-refractivity contribution < 1.29 is 14.2 Å². The van der Waals surface area contributed by atoms with Gasteiger partial charge in [0.05, 0.1) is 21.3 Å². The number of aryl methyl sites for hydroxylation is 1. The summed E-state index contributed by atoms with van der Waals surface area (Å²) in [6.45, 7) is 3.19. The van der Waals surface area contributed by atoms with Gasteiger partial charge in [0, 0.05) is 6.04 Å². The zero-order valence-electron chi connectivity index (χ0n) is 20.1. The summed E-state index contributed by atoms with van der Waals surface area (Å²) >= 11 is 0. The number of benzene rings is 3. The van der Waals surface area contributed by atoms with Crippen LogP contribution in [-0.2, 0) is 12.8 Å². The number of rotatable bonds is 12. The molecule has 0 saturated carbocycles. The molecule has 1 N–H and O–H groups in total. The van der Waals surface area contributed by atoms with E-state index >= 15 is 0 Å². The third-order valence-corrected chi connectivity index (χ3v) is 5.71. The van der Waals surface area contributed by atoms with Gasteiger partial charge in [-0.15, -0.1) is 0 Å². The summed E-state index contributed by atoms with van der Waals surface area (Å²) in [6, 6.07) is 23.2. The molecule has 0 heterocycles. The second-order valence-corrected chi connectivity index (χ2v) is 8.16. The monoisotopic (exact) mass is 445 g/mol. The van der Waals surface area contributed by atoms with Crippen LogP contribution in [0.2, 0.25) is 0 Å². The van der Waals surface area contributed by atoms with E-state index in [-0.39, 0.29) is 0 Å². The normalized spacial score (nSPS) is 12.0. The Labute approximate surface area is 198 Å². The fraction of sp³-hybridized carbons (Fsp3) is 0.310. The third-order valence-electron chi connectivity index (χ3n) is 5.71. The first kappa shape index (κ1) is 24.4. The lowest BCUT2D eigenvalue weighted by atomic mass is 9.99. The molecule has 0 aliphatic carbocycles. The van der Waals surface area contributed by atoms with Crippen molar-refractivity contribution in [1.29, 1.82) is 0 Å². The molecule has 0 aromatic heterocycles. The van der Waals surface area contributed by atoms with E-state index in [0.29, 0.717) is 6.04 Å². The molecule has 3 aromatic carbocycles. The molecule has 1 unspecified atom stereocenters. The molecule has 4 heteroatoms. The third kappa shape index (κ3) is 7.40. The van der Waals surface area contributed by atoms with E-state index in [1.54, 1.807) is 21.3 Å². The summed E-state index contributed by atoms with van der Waals surface area (Å²) in [6.07, 6.45) is 7.32. The van der Waals surface area contributed by atoms with E-state index in [0.717, 1.165) is 43.1 Å². The molecule has 0 aliphatic heterocycles. The number of hydrogen-bond acceptors (Lipinski definition) is 4. The lowest BCUT2D eigenvalue weighted by Gasteiger charge is -2.16. The summed E-state index contributed by atoms with van der Waals surface area (Å²) in [5.74, 6) is 2.44. The van der Waals surface area contributed by atoms with Gasteiger partial charge in [-0.3, -0.25) is 0 Å². The smallest absolute Gasteiger partial charge is 0.160 e. The number of ether oxygens (including phenoxy) is 3. The molecular weight excluding hydrogens is 410 g/mol. The van der Waals surface area contributed by atoms with Gasteiger partial charge in [-0.05, 0) is 79.3 Å². The van der Waals surface area contributed by atoms with Gasteiger partial charge in [0.1, 0.15) is 5.75 Å². The minimum Gasteiger partial charge on any atom is -0.497 e. The zero-order chi connectivity index (χ0) is 23.5. The average Bonchev–Trinajstić information content (AvgIpc) is 2.86. The largest absolute Gasteiger partial charge is 0.497 e. The fourth-order valence-electron chi connectivity index (χ4n) is 3.88. The summed E-state index contributed by atoms with van der Waals surface area (Å²) in [7, 11) is 5.05. The van der Waals surface area contributed by atoms with E-state index in [4.69, 9.17) is 14.2 Å². The highest BCUT2D eigenvalue weighted by atomic mass is 16.5. The Balaban J connectivity index is 1.56. The number of nitrogens with one attached hydrogen (secondary N) is 1. The van der Waals surface area contributed by atoms with Crippen molar-refractivity contribution in [2.45, 2.75) is 32.2 Å². The van der Waals surface area contributed by atoms with E-state index in [1.165, 1.54) is 22.3 Å². The highest BCUT2D eigenvalue weighted by Crippen LogP contribution is 2.28. The molecule has 0 bridgehead atoms. The van der Waals surface area contributed by atoms with Crippen LogP contribution >= 0.6 is 0 Å². The maximum atomic E-state index is 5.47. The molecule has 3 rings (SSSR count). The quantitative estimate of drug-likeness (QED) is 0.273. The van der Waals surface area contributed by atoms with Gasteiger partial charge in [0.15, 0.2) is 11.5 Å². The maximum absolute atomic E-state index is 5.47. The van der Waals surface area contributed by atoms with Crippen LogP contribution in [0.4, 0.5) is 0 Å². The lowest BCUT2D eigenvalue weighted by Crippen LogP contribution is -2.29. The van der Waals surface area contributed by atoms with E-state index < -0.39 is 0 Å². The minimum atomic E-state index is 0.353. The van der Waals surface area contributed by atoms with E-state index in [1.807, 2.05) is 18.2 Å². The van der Waals surface area contributed by atoms with Crippen LogP contribution in [0.3, 0.4) is 0 Å². The van der Waals surface area contributed by atoms with Gasteiger partial charge >= 0.3 is 0 Å². The molecule has 33 heavy (non-hydrogen) atoms. The molecule has 0 fully saturated rings. The van der Waals surface area contributed by atoms with Crippen molar-refractivity contribution in [3.05, 3.63) is 89.0 Å². The molecule has 174 valence electrons. The van der Waals surface area contributed by atoms with Crippen molar-refractivity contribution in [2.75, 3.05) is 27.9 Å². The van der Waals surface area contributed by atoms with Gasteiger partial charge in [-0.2, -0.15) is 0 Å². The fourth-order valence-corrected chi connectivity index (χ4v) is 3.88. The topological polar surface area (TPSA) is 39.7 Å². The summed E-state index contributed by atoms with van der Waals surface area (Å²) in [5.41, 5.74) is 4.95. The van der Waals surface area contributed by atoms with Crippen LogP contribution in [0, 0.1) is 0 Å². The maximum Gasteiger partial charge on any atom is 0.160 e. The highest BCUT2D eigenvalue weighted by molar-refractivity contribution is 5.71. The predicted octanol–water partition coefficient (Wildman–Crippen LogP) is 6.04. The van der Waals surface area contributed by atoms with Crippen LogP contribution in [0.1, 0.15) is 35.6 Å². The Hall–Kier alpha value is -3.24. The zero-order valence-corrected chi connectivity index (χ0v) is 20.1. The summed E-state index contributed by atoms with van der Waals surface area (Å²) in [4.78, 5) is 0. The van der Waals surface area contributed by atoms with Gasteiger partial charge in [0.25, 0.3) is 0 Å². The van der Waals surface area contributed by atoms with Crippen LogP contribution in [0.15, 0.2) is 66.7 Å². The van der Waals surface area contributed by atoms with Crippen molar-refractivity contribution in [3.63, 3.8) is 0 Å². The van der Waals surface area contributed by atoms with Crippen molar-refractivity contribution in [3.8, 4) is 17.2 Å². The Morgan fingerprint density at radius 3 is 2.33 bits per heavy atom. The first-order chi connectivity index (χ1) is 16.1. The van der Waals surface area contributed by atoms with Gasteiger partial charge in [-0.25, -0.2) is 0 Å². The second-order valence-electron chi connectivity index (χ2n) is 8.16. The van der Waals surface area contributed by atoms with Gasteiger partial charge in [-0.1, -0.05) is 54.6 Å². The number of methoxy groups -OCH3 is 3. The first-order valence-corrected chi connectivity index (χ1v) is 11.5. The van der Waals surface area contributed by atoms with Crippen LogP contribution < -0.4 is 19.5 Å². The molecule has 0 radical (unpaired) electrons. The standard InChI is InChI=1S/C29H35NO3/c1-22(30-18-8-11-24-13-17-28(32-3)29(20-24)33-4)19-26-21-27(31-2)16-15-25(26)14-12-23-9-6-5-7-10-23/h5-7,9-10,12-17,20-22,30H,8,11,18-19H2,1-4H3. The van der Waals surface area contributed by atoms with Crippen molar-refractivity contribution >= 4 is 12.2 Å². The molecule has 0 aliphatic rings. The molecular formula is C29H35NO3. The van der Waals surface area contributed by atoms with Gasteiger partial charge in [0.2, 0.25) is 0 Å². The lowest BCUT2D eigenvalue weighted by molar-refractivity contribution is 0.354. The van der Waals surface area contributed by atoms with Crippen molar-refractivity contribution in [1.82, 2.24) is 5.32 Å². The molecule has 0 spiro atoms. The van der Waals surface area contributed by atoms with Crippen LogP contribution in [-0.4, -0.2) is 33.9 Å². The van der Waals surface area contributed by atoms with E-state index in [9.17, 15) is 0 Å². The summed E-state index contributed by atoms with van der Waals surface area (Å²) < 4.78 is 16.2. The van der Waals surface area contributed by atoms with Crippen LogP contribution in [0.25, 0.3) is 12.2 Å². The Bertz CT molecular complexity index is 1030. The Morgan fingerprint density at radius 1 is 0.818 bits per heavy atom. The van der Waals surface area contributed by atoms with Crippen LogP contribution in [0.5, 0.6) is 17.2 Å². The average molecular weight is 446 g/mol. The highest BCUT2D eigenvalue weighted by Gasteiger charge is 2.09. The molecule has 4 nitrogen and oxygen atoms in total. The predicted molar refractivity (Wildman–Crippen MR) is 137 cm³/mol.